The van der Waals surface area contributed by atoms with Crippen LogP contribution in [0.4, 0.5) is 0 Å². The van der Waals surface area contributed by atoms with E-state index in [1.807, 2.05) is 0 Å². The predicted octanol–water partition coefficient (Wildman–Crippen LogP) is 2.73. The first-order valence-electron chi connectivity index (χ1n) is 4.30. The Morgan fingerprint density at radius 1 is 1.27 bits per heavy atom. The van der Waals surface area contributed by atoms with E-state index in [-0.39, 0.29) is 5.54 Å². The van der Waals surface area contributed by atoms with Crippen molar-refractivity contribution in [2.45, 2.75) is 46.6 Å². The maximum Gasteiger partial charge on any atom is 0.00966 e. The van der Waals surface area contributed by atoms with Gasteiger partial charge in [-0.2, -0.15) is 0 Å². The first kappa shape index (κ1) is 10.7. The number of nitrogens with one attached hydrogen (secondary N) is 1. The van der Waals surface area contributed by atoms with E-state index in [4.69, 9.17) is 0 Å². The highest BCUT2D eigenvalue weighted by atomic mass is 14.9. The molecule has 0 radical (unpaired) electrons. The summed E-state index contributed by atoms with van der Waals surface area (Å²) < 4.78 is 0. The van der Waals surface area contributed by atoms with Crippen LogP contribution in [0.3, 0.4) is 0 Å². The van der Waals surface area contributed by atoms with Gasteiger partial charge in [0.2, 0.25) is 0 Å². The molecule has 0 amide bonds. The Morgan fingerprint density at radius 2 is 1.82 bits per heavy atom. The zero-order valence-electron chi connectivity index (χ0n) is 8.49. The molecular weight excluding hydrogens is 134 g/mol. The van der Waals surface area contributed by atoms with Crippen molar-refractivity contribution in [1.82, 2.24) is 5.32 Å². The third kappa shape index (κ3) is 9.70. The van der Waals surface area contributed by atoms with Crippen LogP contribution in [0.15, 0.2) is 11.6 Å². The molecular formula is C10H21N. The lowest BCUT2D eigenvalue weighted by Crippen LogP contribution is -2.36. The molecule has 0 saturated carbocycles. The van der Waals surface area contributed by atoms with Crippen molar-refractivity contribution in [3.63, 3.8) is 0 Å². The van der Waals surface area contributed by atoms with Gasteiger partial charge in [-0.1, -0.05) is 11.6 Å². The van der Waals surface area contributed by atoms with Crippen molar-refractivity contribution >= 4 is 0 Å². The molecule has 0 aromatic rings. The summed E-state index contributed by atoms with van der Waals surface area (Å²) in [6.45, 7) is 11.9. The van der Waals surface area contributed by atoms with E-state index in [1.54, 1.807) is 0 Å². The van der Waals surface area contributed by atoms with Gasteiger partial charge in [-0.25, -0.2) is 0 Å². The minimum absolute atomic E-state index is 0.259. The first-order chi connectivity index (χ1) is 4.92. The van der Waals surface area contributed by atoms with E-state index in [0.29, 0.717) is 0 Å². The van der Waals surface area contributed by atoms with E-state index in [9.17, 15) is 0 Å². The number of hydrogen-bond donors (Lipinski definition) is 1. The molecule has 0 unspecified atom stereocenters. The molecule has 0 atom stereocenters. The van der Waals surface area contributed by atoms with E-state index < -0.39 is 0 Å². The summed E-state index contributed by atoms with van der Waals surface area (Å²) in [5.41, 5.74) is 1.66. The molecule has 0 aliphatic heterocycles. The Labute approximate surface area is 70.9 Å². The van der Waals surface area contributed by atoms with Crippen LogP contribution in [0.2, 0.25) is 0 Å². The van der Waals surface area contributed by atoms with Crippen LogP contribution < -0.4 is 5.32 Å². The fraction of sp³-hybridized carbons (Fsp3) is 0.800. The van der Waals surface area contributed by atoms with Gasteiger partial charge in [-0.3, -0.25) is 0 Å². The molecule has 1 N–H and O–H groups in total. The van der Waals surface area contributed by atoms with Crippen LogP contribution in [0.1, 0.15) is 41.0 Å². The van der Waals surface area contributed by atoms with Crippen molar-refractivity contribution in [3.8, 4) is 0 Å². The fourth-order valence-corrected chi connectivity index (χ4v) is 0.808. The van der Waals surface area contributed by atoms with E-state index in [2.05, 4.69) is 46.0 Å². The van der Waals surface area contributed by atoms with Crippen LogP contribution in [0.25, 0.3) is 0 Å². The summed E-state index contributed by atoms with van der Waals surface area (Å²) in [7, 11) is 0. The topological polar surface area (TPSA) is 12.0 Å². The highest BCUT2D eigenvalue weighted by molar-refractivity contribution is 4.93. The second kappa shape index (κ2) is 4.55. The van der Waals surface area contributed by atoms with E-state index in [1.165, 1.54) is 5.57 Å². The van der Waals surface area contributed by atoms with Crippen molar-refractivity contribution < 1.29 is 0 Å². The number of hydrogen-bond acceptors (Lipinski definition) is 1. The molecule has 1 heteroatoms. The minimum Gasteiger partial charge on any atom is -0.312 e. The second-order valence-corrected chi connectivity index (χ2v) is 4.25. The number of rotatable bonds is 3. The third-order valence-corrected chi connectivity index (χ3v) is 1.35. The molecule has 0 aliphatic rings. The predicted molar refractivity (Wildman–Crippen MR) is 51.8 cm³/mol. The Morgan fingerprint density at radius 3 is 2.18 bits per heavy atom. The maximum absolute atomic E-state index is 3.43. The Kier molecular flexibility index (Phi) is 4.43. The molecule has 0 spiro atoms. The summed E-state index contributed by atoms with van der Waals surface area (Å²) in [5, 5.41) is 3.43. The average molecular weight is 155 g/mol. The van der Waals surface area contributed by atoms with Crippen LogP contribution >= 0.6 is 0 Å². The zero-order chi connectivity index (χ0) is 8.91. The van der Waals surface area contributed by atoms with Gasteiger partial charge in [0.1, 0.15) is 0 Å². The molecule has 0 bridgehead atoms. The van der Waals surface area contributed by atoms with Gasteiger partial charge in [0.15, 0.2) is 0 Å². The summed E-state index contributed by atoms with van der Waals surface area (Å²) >= 11 is 0. The highest BCUT2D eigenvalue weighted by Gasteiger charge is 2.05. The van der Waals surface area contributed by atoms with E-state index in [0.717, 1.165) is 13.0 Å². The molecule has 0 aromatic heterocycles. The second-order valence-electron chi connectivity index (χ2n) is 4.25. The average Bonchev–Trinajstić information content (AvgIpc) is 1.78. The standard InChI is InChI=1S/C10H21N/c1-9(2)7-6-8-11-10(3,4)5/h7,11H,6,8H2,1-5H3. The Bertz CT molecular complexity index is 124. The van der Waals surface area contributed by atoms with Gasteiger partial charge >= 0.3 is 0 Å². The lowest BCUT2D eigenvalue weighted by molar-refractivity contribution is 0.431. The fourth-order valence-electron chi connectivity index (χ4n) is 0.808. The Balaban J connectivity index is 3.36. The van der Waals surface area contributed by atoms with Gasteiger partial charge in [0, 0.05) is 5.54 Å². The normalized spacial score (nSPS) is 11.4. The monoisotopic (exact) mass is 155 g/mol. The van der Waals surface area contributed by atoms with Gasteiger partial charge in [-0.15, -0.1) is 0 Å². The first-order valence-corrected chi connectivity index (χ1v) is 4.30. The summed E-state index contributed by atoms with van der Waals surface area (Å²) in [6.07, 6.45) is 3.40. The van der Waals surface area contributed by atoms with Gasteiger partial charge < -0.3 is 5.32 Å². The molecule has 1 nitrogen and oxygen atoms in total. The summed E-state index contributed by atoms with van der Waals surface area (Å²) in [6, 6.07) is 0. The quantitative estimate of drug-likeness (QED) is 0.488. The largest absolute Gasteiger partial charge is 0.312 e. The summed E-state index contributed by atoms with van der Waals surface area (Å²) in [5.74, 6) is 0. The highest BCUT2D eigenvalue weighted by Crippen LogP contribution is 1.99. The lowest BCUT2D eigenvalue weighted by Gasteiger charge is -2.19. The smallest absolute Gasteiger partial charge is 0.00966 e. The van der Waals surface area contributed by atoms with Gasteiger partial charge in [0.25, 0.3) is 0 Å². The van der Waals surface area contributed by atoms with Gasteiger partial charge in [-0.05, 0) is 47.6 Å². The van der Waals surface area contributed by atoms with Crippen molar-refractivity contribution in [1.29, 1.82) is 0 Å². The SMILES string of the molecule is CC(C)=CCCNC(C)(C)C. The van der Waals surface area contributed by atoms with Crippen molar-refractivity contribution in [3.05, 3.63) is 11.6 Å². The Hall–Kier alpha value is -0.300. The van der Waals surface area contributed by atoms with Crippen LogP contribution in [0, 0.1) is 0 Å². The van der Waals surface area contributed by atoms with E-state index >= 15 is 0 Å². The molecule has 0 rings (SSSR count). The van der Waals surface area contributed by atoms with Gasteiger partial charge in [0.05, 0.1) is 0 Å². The van der Waals surface area contributed by atoms with Crippen molar-refractivity contribution in [2.75, 3.05) is 6.54 Å². The molecule has 0 aliphatic carbocycles. The molecule has 0 saturated heterocycles. The minimum atomic E-state index is 0.259. The van der Waals surface area contributed by atoms with Crippen LogP contribution in [-0.2, 0) is 0 Å². The summed E-state index contributed by atoms with van der Waals surface area (Å²) in [4.78, 5) is 0. The molecule has 0 fully saturated rings. The van der Waals surface area contributed by atoms with Crippen LogP contribution in [-0.4, -0.2) is 12.1 Å². The van der Waals surface area contributed by atoms with Crippen LogP contribution in [0.5, 0.6) is 0 Å². The lowest BCUT2D eigenvalue weighted by atomic mass is 10.1. The molecule has 66 valence electrons. The molecule has 11 heavy (non-hydrogen) atoms. The zero-order valence-corrected chi connectivity index (χ0v) is 8.49. The third-order valence-electron chi connectivity index (χ3n) is 1.35. The molecule has 0 heterocycles. The van der Waals surface area contributed by atoms with Crippen molar-refractivity contribution in [2.24, 2.45) is 0 Å². The maximum atomic E-state index is 3.43. The molecule has 0 aromatic carbocycles. The number of allylic oxidation sites excluding steroid dienone is 1.